The summed E-state index contributed by atoms with van der Waals surface area (Å²) < 4.78 is 13.7. The highest BCUT2D eigenvalue weighted by Gasteiger charge is 2.12. The van der Waals surface area contributed by atoms with E-state index >= 15 is 0 Å². The summed E-state index contributed by atoms with van der Waals surface area (Å²) in [5.74, 6) is 4.05. The van der Waals surface area contributed by atoms with Gasteiger partial charge in [-0.3, -0.25) is 4.79 Å². The second-order valence-electron chi connectivity index (χ2n) is 4.08. The predicted octanol–water partition coefficient (Wildman–Crippen LogP) is 3.08. The number of carbonyl (C=O) groups is 1. The standard InChI is InChI=1S/C16H11ClFNO2/c17-12-7-8-15(14(18)10-12)19-16(21)13-6-2-1-4-11(13)5-3-9-20/h1-2,4,6-8,10,20H,9H2,(H,19,21). The molecule has 2 aromatic carbocycles. The molecule has 21 heavy (non-hydrogen) atoms. The highest BCUT2D eigenvalue weighted by atomic mass is 35.5. The molecule has 0 atom stereocenters. The first-order chi connectivity index (χ1) is 10.1. The van der Waals surface area contributed by atoms with Crippen molar-refractivity contribution in [3.63, 3.8) is 0 Å². The van der Waals surface area contributed by atoms with Gasteiger partial charge in [0.05, 0.1) is 11.3 Å². The Balaban J connectivity index is 2.28. The second kappa shape index (κ2) is 6.89. The molecule has 0 spiro atoms. The minimum Gasteiger partial charge on any atom is -0.384 e. The van der Waals surface area contributed by atoms with E-state index in [1.54, 1.807) is 24.3 Å². The van der Waals surface area contributed by atoms with Crippen molar-refractivity contribution < 1.29 is 14.3 Å². The van der Waals surface area contributed by atoms with Crippen LogP contribution in [0.1, 0.15) is 15.9 Å². The molecule has 0 aliphatic rings. The smallest absolute Gasteiger partial charge is 0.257 e. The third kappa shape index (κ3) is 3.82. The first kappa shape index (κ1) is 15.0. The monoisotopic (exact) mass is 303 g/mol. The molecule has 2 N–H and O–H groups in total. The number of nitrogens with one attached hydrogen (secondary N) is 1. The Kier molecular flexibility index (Phi) is 4.94. The fraction of sp³-hybridized carbons (Fsp3) is 0.0625. The largest absolute Gasteiger partial charge is 0.384 e. The van der Waals surface area contributed by atoms with E-state index in [0.29, 0.717) is 11.1 Å². The average molecular weight is 304 g/mol. The van der Waals surface area contributed by atoms with Gasteiger partial charge < -0.3 is 10.4 Å². The van der Waals surface area contributed by atoms with Crippen LogP contribution in [0.2, 0.25) is 5.02 Å². The van der Waals surface area contributed by atoms with Crippen LogP contribution in [0, 0.1) is 17.7 Å². The molecule has 1 amide bonds. The maximum atomic E-state index is 13.7. The van der Waals surface area contributed by atoms with Crippen molar-refractivity contribution in [3.05, 3.63) is 64.4 Å². The Morgan fingerprint density at radius 1 is 1.29 bits per heavy atom. The molecule has 0 fully saturated rings. The minimum atomic E-state index is -0.616. The molecule has 5 heteroatoms. The van der Waals surface area contributed by atoms with E-state index < -0.39 is 11.7 Å². The molecule has 0 bridgehead atoms. The van der Waals surface area contributed by atoms with Gasteiger partial charge in [-0.15, -0.1) is 0 Å². The first-order valence-electron chi connectivity index (χ1n) is 6.07. The molecule has 3 nitrogen and oxygen atoms in total. The van der Waals surface area contributed by atoms with Gasteiger partial charge in [-0.05, 0) is 30.3 Å². The minimum absolute atomic E-state index is 0.0364. The van der Waals surface area contributed by atoms with Crippen LogP contribution >= 0.6 is 11.6 Å². The zero-order valence-electron chi connectivity index (χ0n) is 10.9. The molecule has 0 aliphatic carbocycles. The Bertz CT molecular complexity index is 735. The van der Waals surface area contributed by atoms with E-state index in [1.807, 2.05) is 0 Å². The number of carbonyl (C=O) groups excluding carboxylic acids is 1. The van der Waals surface area contributed by atoms with Crippen molar-refractivity contribution in [1.29, 1.82) is 0 Å². The number of amides is 1. The molecule has 106 valence electrons. The van der Waals surface area contributed by atoms with Crippen LogP contribution in [0.3, 0.4) is 0 Å². The molecule has 2 rings (SSSR count). The Labute approximate surface area is 126 Å². The molecule has 2 aromatic rings. The van der Waals surface area contributed by atoms with E-state index in [0.717, 1.165) is 6.07 Å². The molecular weight excluding hydrogens is 293 g/mol. The van der Waals surface area contributed by atoms with Gasteiger partial charge in [0.1, 0.15) is 12.4 Å². The lowest BCUT2D eigenvalue weighted by molar-refractivity contribution is 0.102. The summed E-state index contributed by atoms with van der Waals surface area (Å²) in [5.41, 5.74) is 0.792. The van der Waals surface area contributed by atoms with Gasteiger partial charge in [0.15, 0.2) is 0 Å². The van der Waals surface area contributed by atoms with Crippen LogP contribution in [-0.4, -0.2) is 17.6 Å². The lowest BCUT2D eigenvalue weighted by Crippen LogP contribution is -2.14. The number of anilines is 1. The molecule has 0 unspecified atom stereocenters. The van der Waals surface area contributed by atoms with Crippen molar-refractivity contribution >= 4 is 23.2 Å². The van der Waals surface area contributed by atoms with Crippen LogP contribution in [0.15, 0.2) is 42.5 Å². The van der Waals surface area contributed by atoms with Crippen LogP contribution in [0.25, 0.3) is 0 Å². The predicted molar refractivity (Wildman–Crippen MR) is 79.8 cm³/mol. The third-order valence-electron chi connectivity index (χ3n) is 2.65. The summed E-state index contributed by atoms with van der Waals surface area (Å²) in [7, 11) is 0. The van der Waals surface area contributed by atoms with E-state index in [1.165, 1.54) is 12.1 Å². The fourth-order valence-electron chi connectivity index (χ4n) is 1.71. The third-order valence-corrected chi connectivity index (χ3v) is 2.89. The number of benzene rings is 2. The highest BCUT2D eigenvalue weighted by Crippen LogP contribution is 2.20. The molecule has 0 saturated carbocycles. The van der Waals surface area contributed by atoms with Crippen molar-refractivity contribution in [3.8, 4) is 11.8 Å². The normalized spacial score (nSPS) is 9.67. The summed E-state index contributed by atoms with van der Waals surface area (Å²) in [4.78, 5) is 12.2. The van der Waals surface area contributed by atoms with Crippen LogP contribution in [0.5, 0.6) is 0 Å². The van der Waals surface area contributed by atoms with Crippen molar-refractivity contribution in [2.45, 2.75) is 0 Å². The number of aliphatic hydroxyl groups excluding tert-OH is 1. The zero-order valence-corrected chi connectivity index (χ0v) is 11.6. The van der Waals surface area contributed by atoms with Gasteiger partial charge in [0.25, 0.3) is 5.91 Å². The number of hydrogen-bond donors (Lipinski definition) is 2. The number of rotatable bonds is 2. The van der Waals surface area contributed by atoms with Gasteiger partial charge in [-0.2, -0.15) is 0 Å². The highest BCUT2D eigenvalue weighted by molar-refractivity contribution is 6.30. The van der Waals surface area contributed by atoms with E-state index in [-0.39, 0.29) is 17.3 Å². The van der Waals surface area contributed by atoms with Crippen molar-refractivity contribution in [2.75, 3.05) is 11.9 Å². The van der Waals surface area contributed by atoms with Gasteiger partial charge >= 0.3 is 0 Å². The van der Waals surface area contributed by atoms with Crippen LogP contribution in [0.4, 0.5) is 10.1 Å². The van der Waals surface area contributed by atoms with Gasteiger partial charge in [-0.1, -0.05) is 35.6 Å². The Hall–Kier alpha value is -2.35. The molecule has 0 aliphatic heterocycles. The maximum Gasteiger partial charge on any atom is 0.257 e. The Morgan fingerprint density at radius 2 is 2.05 bits per heavy atom. The van der Waals surface area contributed by atoms with Crippen molar-refractivity contribution in [2.24, 2.45) is 0 Å². The lowest BCUT2D eigenvalue weighted by atomic mass is 10.1. The SMILES string of the molecule is O=C(Nc1ccc(Cl)cc1F)c1ccccc1C#CCO. The molecule has 0 radical (unpaired) electrons. The molecular formula is C16H11ClFNO2. The first-order valence-corrected chi connectivity index (χ1v) is 6.45. The summed E-state index contributed by atoms with van der Waals surface area (Å²) in [6.07, 6.45) is 0. The second-order valence-corrected chi connectivity index (χ2v) is 4.52. The quantitative estimate of drug-likeness (QED) is 0.838. The molecule has 0 heterocycles. The molecule has 0 saturated heterocycles. The van der Waals surface area contributed by atoms with Gasteiger partial charge in [0, 0.05) is 10.6 Å². The summed E-state index contributed by atoms with van der Waals surface area (Å²) in [6, 6.07) is 10.6. The van der Waals surface area contributed by atoms with Crippen molar-refractivity contribution in [1.82, 2.24) is 0 Å². The lowest BCUT2D eigenvalue weighted by Gasteiger charge is -2.08. The summed E-state index contributed by atoms with van der Waals surface area (Å²) in [6.45, 7) is -0.304. The van der Waals surface area contributed by atoms with E-state index in [4.69, 9.17) is 16.7 Å². The molecule has 0 aromatic heterocycles. The Morgan fingerprint density at radius 3 is 2.76 bits per heavy atom. The fourth-order valence-corrected chi connectivity index (χ4v) is 1.86. The topological polar surface area (TPSA) is 49.3 Å². The van der Waals surface area contributed by atoms with Gasteiger partial charge in [0.2, 0.25) is 0 Å². The summed E-state index contributed by atoms with van der Waals surface area (Å²) in [5, 5.41) is 11.4. The van der Waals surface area contributed by atoms with Gasteiger partial charge in [-0.25, -0.2) is 4.39 Å². The van der Waals surface area contributed by atoms with Crippen LogP contribution in [-0.2, 0) is 0 Å². The average Bonchev–Trinajstić information content (AvgIpc) is 2.48. The number of aliphatic hydroxyl groups is 1. The van der Waals surface area contributed by atoms with Crippen LogP contribution < -0.4 is 5.32 Å². The maximum absolute atomic E-state index is 13.7. The number of hydrogen-bond acceptors (Lipinski definition) is 2. The zero-order chi connectivity index (χ0) is 15.2. The van der Waals surface area contributed by atoms with E-state index in [2.05, 4.69) is 17.2 Å². The number of halogens is 2. The van der Waals surface area contributed by atoms with E-state index in [9.17, 15) is 9.18 Å². The summed E-state index contributed by atoms with van der Waals surface area (Å²) >= 11 is 5.66.